The minimum atomic E-state index is -0.505. The highest BCUT2D eigenvalue weighted by molar-refractivity contribution is 5.96. The Balaban J connectivity index is 1.34. The predicted molar refractivity (Wildman–Crippen MR) is 100 cm³/mol. The van der Waals surface area contributed by atoms with Crippen molar-refractivity contribution in [1.29, 1.82) is 0 Å². The second-order valence-electron chi connectivity index (χ2n) is 6.53. The van der Waals surface area contributed by atoms with Gasteiger partial charge in [0.1, 0.15) is 18.0 Å². The number of nitrogens with one attached hydrogen (secondary N) is 2. The summed E-state index contributed by atoms with van der Waals surface area (Å²) in [6, 6.07) is 9.87. The van der Waals surface area contributed by atoms with Crippen LogP contribution in [0.5, 0.6) is 17.2 Å². The van der Waals surface area contributed by atoms with Crippen LogP contribution in [0.4, 0.5) is 11.4 Å². The maximum atomic E-state index is 12.1. The Kier molecular flexibility index (Phi) is 4.88. The molecular weight excluding hydrogens is 366 g/mol. The van der Waals surface area contributed by atoms with Gasteiger partial charge < -0.3 is 24.8 Å². The first-order chi connectivity index (χ1) is 13.6. The highest BCUT2D eigenvalue weighted by Gasteiger charge is 2.25. The van der Waals surface area contributed by atoms with E-state index in [4.69, 9.17) is 14.2 Å². The molecule has 1 saturated carbocycles. The number of nitro benzene ring substituents is 1. The number of carbonyl (C=O) groups excluding carboxylic acids is 1. The van der Waals surface area contributed by atoms with Crippen molar-refractivity contribution in [3.8, 4) is 17.2 Å². The van der Waals surface area contributed by atoms with Gasteiger partial charge in [0.05, 0.1) is 4.92 Å². The van der Waals surface area contributed by atoms with E-state index >= 15 is 0 Å². The molecule has 0 radical (unpaired) electrons. The molecule has 4 rings (SSSR count). The van der Waals surface area contributed by atoms with Crippen LogP contribution in [0.25, 0.3) is 0 Å². The van der Waals surface area contributed by atoms with E-state index in [9.17, 15) is 14.9 Å². The number of nitrogens with zero attached hydrogens (tertiary/aromatic N) is 1. The van der Waals surface area contributed by atoms with Crippen molar-refractivity contribution in [2.24, 2.45) is 0 Å². The van der Waals surface area contributed by atoms with Gasteiger partial charge in [-0.05, 0) is 37.1 Å². The van der Waals surface area contributed by atoms with Crippen LogP contribution < -0.4 is 24.8 Å². The minimum absolute atomic E-state index is 0.147. The number of anilines is 1. The smallest absolute Gasteiger partial charge is 0.293 e. The zero-order valence-electron chi connectivity index (χ0n) is 15.0. The first kappa shape index (κ1) is 17.9. The van der Waals surface area contributed by atoms with Gasteiger partial charge in [0.2, 0.25) is 6.79 Å². The van der Waals surface area contributed by atoms with E-state index in [1.165, 1.54) is 6.07 Å². The number of fused-ring (bicyclic) bond motifs is 1. The Morgan fingerprint density at radius 1 is 1.18 bits per heavy atom. The fourth-order valence-electron chi connectivity index (χ4n) is 2.79. The zero-order chi connectivity index (χ0) is 19.5. The molecule has 1 fully saturated rings. The van der Waals surface area contributed by atoms with Crippen molar-refractivity contribution in [3.63, 3.8) is 0 Å². The monoisotopic (exact) mass is 385 g/mol. The topological polar surface area (TPSA) is 112 Å². The van der Waals surface area contributed by atoms with Gasteiger partial charge in [0, 0.05) is 30.3 Å². The molecule has 2 aromatic rings. The fourth-order valence-corrected chi connectivity index (χ4v) is 2.79. The molecule has 28 heavy (non-hydrogen) atoms. The van der Waals surface area contributed by atoms with E-state index in [1.54, 1.807) is 30.3 Å². The van der Waals surface area contributed by atoms with Gasteiger partial charge in [-0.25, -0.2) is 0 Å². The molecule has 2 N–H and O–H groups in total. The van der Waals surface area contributed by atoms with Crippen molar-refractivity contribution in [2.75, 3.05) is 25.3 Å². The van der Waals surface area contributed by atoms with Crippen molar-refractivity contribution in [3.05, 3.63) is 52.1 Å². The lowest BCUT2D eigenvalue weighted by Crippen LogP contribution is -2.25. The van der Waals surface area contributed by atoms with Gasteiger partial charge in [-0.3, -0.25) is 14.9 Å². The molecule has 1 aliphatic heterocycles. The molecule has 146 valence electrons. The summed E-state index contributed by atoms with van der Waals surface area (Å²) >= 11 is 0. The molecule has 2 aromatic carbocycles. The SMILES string of the molecule is O=C(NC1CC1)c1ccc(NCCOc2ccc3c(c2)OCO3)c([N+](=O)[O-])c1. The van der Waals surface area contributed by atoms with E-state index in [1.807, 2.05) is 0 Å². The summed E-state index contributed by atoms with van der Waals surface area (Å²) in [4.78, 5) is 23.0. The van der Waals surface area contributed by atoms with Crippen LogP contribution in [0, 0.1) is 10.1 Å². The molecule has 0 unspecified atom stereocenters. The summed E-state index contributed by atoms with van der Waals surface area (Å²) in [5.74, 6) is 1.63. The van der Waals surface area contributed by atoms with Crippen LogP contribution in [-0.2, 0) is 0 Å². The van der Waals surface area contributed by atoms with Crippen molar-refractivity contribution in [2.45, 2.75) is 18.9 Å². The van der Waals surface area contributed by atoms with Gasteiger partial charge in [0.25, 0.3) is 11.6 Å². The molecule has 0 saturated heterocycles. The first-order valence-corrected chi connectivity index (χ1v) is 8.96. The van der Waals surface area contributed by atoms with Gasteiger partial charge in [0.15, 0.2) is 11.5 Å². The average molecular weight is 385 g/mol. The summed E-state index contributed by atoms with van der Waals surface area (Å²) in [6.45, 7) is 0.836. The molecule has 1 heterocycles. The van der Waals surface area contributed by atoms with Crippen molar-refractivity contribution >= 4 is 17.3 Å². The third-order valence-corrected chi connectivity index (χ3v) is 4.40. The Morgan fingerprint density at radius 2 is 2.00 bits per heavy atom. The Labute approximate surface area is 160 Å². The van der Waals surface area contributed by atoms with Gasteiger partial charge in [-0.1, -0.05) is 0 Å². The van der Waals surface area contributed by atoms with Gasteiger partial charge in [-0.2, -0.15) is 0 Å². The van der Waals surface area contributed by atoms with Crippen molar-refractivity contribution in [1.82, 2.24) is 5.32 Å². The highest BCUT2D eigenvalue weighted by atomic mass is 16.7. The van der Waals surface area contributed by atoms with E-state index < -0.39 is 4.92 Å². The summed E-state index contributed by atoms with van der Waals surface area (Å²) in [5.41, 5.74) is 0.467. The lowest BCUT2D eigenvalue weighted by molar-refractivity contribution is -0.384. The van der Waals surface area contributed by atoms with Crippen molar-refractivity contribution < 1.29 is 23.9 Å². The lowest BCUT2D eigenvalue weighted by atomic mass is 10.1. The van der Waals surface area contributed by atoms with Crippen LogP contribution in [0.15, 0.2) is 36.4 Å². The molecule has 0 bridgehead atoms. The lowest BCUT2D eigenvalue weighted by Gasteiger charge is -2.10. The number of hydrogen-bond donors (Lipinski definition) is 2. The largest absolute Gasteiger partial charge is 0.492 e. The van der Waals surface area contributed by atoms with E-state index in [0.29, 0.717) is 36.1 Å². The minimum Gasteiger partial charge on any atom is -0.492 e. The van der Waals surface area contributed by atoms with Crippen LogP contribution in [0.3, 0.4) is 0 Å². The molecule has 1 aliphatic carbocycles. The number of nitro groups is 1. The van der Waals surface area contributed by atoms with Crippen LogP contribution in [0.2, 0.25) is 0 Å². The number of ether oxygens (including phenoxy) is 3. The van der Waals surface area contributed by atoms with Crippen LogP contribution in [0.1, 0.15) is 23.2 Å². The fraction of sp³-hybridized carbons (Fsp3) is 0.316. The van der Waals surface area contributed by atoms with Crippen LogP contribution >= 0.6 is 0 Å². The first-order valence-electron chi connectivity index (χ1n) is 8.96. The Bertz CT molecular complexity index is 913. The molecule has 1 amide bonds. The molecule has 2 aliphatic rings. The van der Waals surface area contributed by atoms with Gasteiger partial charge in [-0.15, -0.1) is 0 Å². The molecule has 0 atom stereocenters. The average Bonchev–Trinajstić information content (AvgIpc) is 3.38. The molecule has 0 aromatic heterocycles. The number of benzene rings is 2. The van der Waals surface area contributed by atoms with E-state index in [2.05, 4.69) is 10.6 Å². The van der Waals surface area contributed by atoms with E-state index in [-0.39, 0.29) is 30.0 Å². The van der Waals surface area contributed by atoms with E-state index in [0.717, 1.165) is 12.8 Å². The standard InChI is InChI=1S/C19H19N3O6/c23-19(21-13-2-3-13)12-1-5-15(16(9-12)22(24)25)20-7-8-26-14-4-6-17-18(10-14)28-11-27-17/h1,4-6,9-10,13,20H,2-3,7-8,11H2,(H,21,23). The number of carbonyl (C=O) groups is 1. The predicted octanol–water partition coefficient (Wildman–Crippen LogP) is 2.71. The second-order valence-corrected chi connectivity index (χ2v) is 6.53. The molecule has 0 spiro atoms. The summed E-state index contributed by atoms with van der Waals surface area (Å²) < 4.78 is 16.2. The molecule has 9 heteroatoms. The molecular formula is C19H19N3O6. The third kappa shape index (κ3) is 4.08. The highest BCUT2D eigenvalue weighted by Crippen LogP contribution is 2.35. The summed E-state index contributed by atoms with van der Waals surface area (Å²) in [6.07, 6.45) is 1.91. The Hall–Kier alpha value is -3.49. The normalized spacial score (nSPS) is 14.4. The Morgan fingerprint density at radius 3 is 2.79 bits per heavy atom. The van der Waals surface area contributed by atoms with Gasteiger partial charge >= 0.3 is 0 Å². The second kappa shape index (κ2) is 7.63. The molecule has 9 nitrogen and oxygen atoms in total. The van der Waals surface area contributed by atoms with Crippen LogP contribution in [-0.4, -0.2) is 36.8 Å². The summed E-state index contributed by atoms with van der Waals surface area (Å²) in [5, 5.41) is 17.2. The quantitative estimate of drug-likeness (QED) is 0.408. The third-order valence-electron chi connectivity index (χ3n) is 4.40. The zero-order valence-corrected chi connectivity index (χ0v) is 15.0. The summed E-state index contributed by atoms with van der Waals surface area (Å²) in [7, 11) is 0. The number of rotatable bonds is 8. The maximum Gasteiger partial charge on any atom is 0.293 e. The maximum absolute atomic E-state index is 12.1. The number of hydrogen-bond acceptors (Lipinski definition) is 7. The number of amides is 1.